The fraction of sp³-hybridized carbons (Fsp3) is 0.200. The molecule has 0 bridgehead atoms. The van der Waals surface area contributed by atoms with E-state index in [-0.39, 0.29) is 17.7 Å². The Morgan fingerprint density at radius 3 is 2.24 bits per heavy atom. The molecular formula is C20H18N2O3. The Morgan fingerprint density at radius 2 is 1.60 bits per heavy atom. The number of para-hydroxylation sites is 1. The Kier molecular flexibility index (Phi) is 3.76. The maximum atomic E-state index is 12.5. The molecule has 2 amide bonds. The summed E-state index contributed by atoms with van der Waals surface area (Å²) in [4.78, 5) is 24.2. The van der Waals surface area contributed by atoms with E-state index >= 15 is 0 Å². The first-order chi connectivity index (χ1) is 12.1. The molecule has 3 aromatic rings. The Labute approximate surface area is 145 Å². The number of hydrogen-bond donors (Lipinski definition) is 2. The molecule has 0 atom stereocenters. The number of carbonyl (C=O) groups excluding carboxylic acids is 2. The highest BCUT2D eigenvalue weighted by Crippen LogP contribution is 2.30. The highest BCUT2D eigenvalue weighted by Gasteiger charge is 2.29. The summed E-state index contributed by atoms with van der Waals surface area (Å²) in [5, 5.41) is 6.64. The summed E-state index contributed by atoms with van der Waals surface area (Å²) < 4.78 is 5.67. The van der Waals surface area contributed by atoms with Crippen LogP contribution in [-0.2, 0) is 4.79 Å². The van der Waals surface area contributed by atoms with Crippen LogP contribution in [0, 0.1) is 12.8 Å². The lowest BCUT2D eigenvalue weighted by atomic mass is 10.1. The summed E-state index contributed by atoms with van der Waals surface area (Å²) >= 11 is 0. The zero-order chi connectivity index (χ0) is 17.4. The van der Waals surface area contributed by atoms with Gasteiger partial charge in [0, 0.05) is 28.2 Å². The molecule has 126 valence electrons. The molecule has 1 fully saturated rings. The third kappa shape index (κ3) is 3.13. The summed E-state index contributed by atoms with van der Waals surface area (Å²) in [6.45, 7) is 1.87. The van der Waals surface area contributed by atoms with Crippen LogP contribution in [0.4, 0.5) is 11.4 Å². The van der Waals surface area contributed by atoms with Crippen LogP contribution >= 0.6 is 0 Å². The van der Waals surface area contributed by atoms with Crippen LogP contribution in [0.3, 0.4) is 0 Å². The van der Waals surface area contributed by atoms with Crippen LogP contribution in [-0.4, -0.2) is 11.8 Å². The number of furan rings is 1. The van der Waals surface area contributed by atoms with Gasteiger partial charge in [-0.05, 0) is 50.1 Å². The number of rotatable bonds is 4. The minimum absolute atomic E-state index is 0.0645. The van der Waals surface area contributed by atoms with Crippen LogP contribution in [0.2, 0.25) is 0 Å². The van der Waals surface area contributed by atoms with Crippen LogP contribution in [0.25, 0.3) is 11.0 Å². The van der Waals surface area contributed by atoms with Gasteiger partial charge in [0.15, 0.2) is 5.76 Å². The standard InChI is InChI=1S/C20H18N2O3/c1-12-16-4-2-3-5-17(16)25-18(12)20(24)22-15-10-8-14(9-11-15)21-19(23)13-6-7-13/h2-5,8-11,13H,6-7H2,1H3,(H,21,23)(H,22,24). The Balaban J connectivity index is 1.48. The quantitative estimate of drug-likeness (QED) is 0.745. The number of anilines is 2. The number of aryl methyl sites for hydroxylation is 1. The molecule has 0 radical (unpaired) electrons. The Bertz CT molecular complexity index is 953. The third-order valence-electron chi connectivity index (χ3n) is 4.41. The minimum atomic E-state index is -0.288. The molecule has 2 N–H and O–H groups in total. The van der Waals surface area contributed by atoms with Gasteiger partial charge in [0.2, 0.25) is 5.91 Å². The van der Waals surface area contributed by atoms with Crippen molar-refractivity contribution >= 4 is 34.2 Å². The van der Waals surface area contributed by atoms with Crippen molar-refractivity contribution in [1.82, 2.24) is 0 Å². The van der Waals surface area contributed by atoms with Crippen molar-refractivity contribution in [3.63, 3.8) is 0 Å². The van der Waals surface area contributed by atoms with E-state index in [9.17, 15) is 9.59 Å². The summed E-state index contributed by atoms with van der Waals surface area (Å²) in [6.07, 6.45) is 1.94. The molecular weight excluding hydrogens is 316 g/mol. The lowest BCUT2D eigenvalue weighted by Crippen LogP contribution is -2.14. The van der Waals surface area contributed by atoms with Gasteiger partial charge < -0.3 is 15.1 Å². The van der Waals surface area contributed by atoms with E-state index in [1.807, 2.05) is 31.2 Å². The lowest BCUT2D eigenvalue weighted by molar-refractivity contribution is -0.117. The summed E-state index contributed by atoms with van der Waals surface area (Å²) in [5.41, 5.74) is 2.90. The fourth-order valence-corrected chi connectivity index (χ4v) is 2.81. The van der Waals surface area contributed by atoms with Gasteiger partial charge in [0.25, 0.3) is 5.91 Å². The SMILES string of the molecule is Cc1c(C(=O)Nc2ccc(NC(=O)C3CC3)cc2)oc2ccccc12. The average molecular weight is 334 g/mol. The number of amides is 2. The van der Waals surface area contributed by atoms with Crippen molar-refractivity contribution in [1.29, 1.82) is 0 Å². The average Bonchev–Trinajstić information content (AvgIpc) is 3.41. The van der Waals surface area contributed by atoms with Crippen LogP contribution in [0.5, 0.6) is 0 Å². The van der Waals surface area contributed by atoms with Gasteiger partial charge in [-0.3, -0.25) is 9.59 Å². The highest BCUT2D eigenvalue weighted by atomic mass is 16.3. The zero-order valence-electron chi connectivity index (χ0n) is 13.8. The molecule has 2 aromatic carbocycles. The number of nitrogens with one attached hydrogen (secondary N) is 2. The molecule has 1 saturated carbocycles. The van der Waals surface area contributed by atoms with Gasteiger partial charge >= 0.3 is 0 Å². The molecule has 0 unspecified atom stereocenters. The summed E-state index contributed by atoms with van der Waals surface area (Å²) in [7, 11) is 0. The molecule has 0 spiro atoms. The van der Waals surface area contributed by atoms with E-state index in [0.717, 1.165) is 29.5 Å². The second kappa shape index (κ2) is 6.09. The molecule has 1 heterocycles. The smallest absolute Gasteiger partial charge is 0.291 e. The topological polar surface area (TPSA) is 71.3 Å². The van der Waals surface area contributed by atoms with Gasteiger partial charge in [-0.25, -0.2) is 0 Å². The first-order valence-corrected chi connectivity index (χ1v) is 8.32. The molecule has 5 nitrogen and oxygen atoms in total. The Morgan fingerprint density at radius 1 is 0.960 bits per heavy atom. The number of carbonyl (C=O) groups is 2. The molecule has 25 heavy (non-hydrogen) atoms. The van der Waals surface area contributed by atoms with Crippen molar-refractivity contribution in [2.75, 3.05) is 10.6 Å². The molecule has 1 aromatic heterocycles. The number of hydrogen-bond acceptors (Lipinski definition) is 3. The van der Waals surface area contributed by atoms with Crippen molar-refractivity contribution in [2.24, 2.45) is 5.92 Å². The van der Waals surface area contributed by atoms with Gasteiger partial charge in [0.05, 0.1) is 0 Å². The number of fused-ring (bicyclic) bond motifs is 1. The highest BCUT2D eigenvalue weighted by molar-refractivity contribution is 6.06. The van der Waals surface area contributed by atoms with E-state index in [2.05, 4.69) is 10.6 Å². The summed E-state index contributed by atoms with van der Waals surface area (Å²) in [6, 6.07) is 14.7. The van der Waals surface area contributed by atoms with Crippen molar-refractivity contribution in [2.45, 2.75) is 19.8 Å². The largest absolute Gasteiger partial charge is 0.451 e. The van der Waals surface area contributed by atoms with E-state index < -0.39 is 0 Å². The van der Waals surface area contributed by atoms with E-state index in [0.29, 0.717) is 17.0 Å². The minimum Gasteiger partial charge on any atom is -0.451 e. The van der Waals surface area contributed by atoms with Gasteiger partial charge in [-0.15, -0.1) is 0 Å². The van der Waals surface area contributed by atoms with E-state index in [1.165, 1.54) is 0 Å². The predicted molar refractivity (Wildman–Crippen MR) is 96.7 cm³/mol. The van der Waals surface area contributed by atoms with Crippen molar-refractivity contribution < 1.29 is 14.0 Å². The first kappa shape index (κ1) is 15.4. The maximum Gasteiger partial charge on any atom is 0.291 e. The lowest BCUT2D eigenvalue weighted by Gasteiger charge is -2.07. The fourth-order valence-electron chi connectivity index (χ4n) is 2.81. The van der Waals surface area contributed by atoms with E-state index in [1.54, 1.807) is 24.3 Å². The van der Waals surface area contributed by atoms with Crippen LogP contribution in [0.1, 0.15) is 29.0 Å². The Hall–Kier alpha value is -3.08. The van der Waals surface area contributed by atoms with Crippen molar-refractivity contribution in [3.05, 3.63) is 59.9 Å². The molecule has 1 aliphatic carbocycles. The van der Waals surface area contributed by atoms with Crippen molar-refractivity contribution in [3.8, 4) is 0 Å². The van der Waals surface area contributed by atoms with Crippen LogP contribution in [0.15, 0.2) is 52.9 Å². The molecule has 4 rings (SSSR count). The summed E-state index contributed by atoms with van der Waals surface area (Å²) in [5.74, 6) is 0.251. The molecule has 0 saturated heterocycles. The normalized spacial score (nSPS) is 13.6. The predicted octanol–water partition coefficient (Wildman–Crippen LogP) is 4.34. The zero-order valence-corrected chi connectivity index (χ0v) is 13.8. The van der Waals surface area contributed by atoms with E-state index in [4.69, 9.17) is 4.42 Å². The molecule has 5 heteroatoms. The molecule has 1 aliphatic rings. The second-order valence-electron chi connectivity index (χ2n) is 6.35. The van der Waals surface area contributed by atoms with Gasteiger partial charge in [-0.1, -0.05) is 18.2 Å². The van der Waals surface area contributed by atoms with Crippen LogP contribution < -0.4 is 10.6 Å². The molecule has 0 aliphatic heterocycles. The van der Waals surface area contributed by atoms with Gasteiger partial charge in [-0.2, -0.15) is 0 Å². The monoisotopic (exact) mass is 334 g/mol. The third-order valence-corrected chi connectivity index (χ3v) is 4.41. The first-order valence-electron chi connectivity index (χ1n) is 8.32. The van der Waals surface area contributed by atoms with Gasteiger partial charge in [0.1, 0.15) is 5.58 Å². The maximum absolute atomic E-state index is 12.5. The number of benzene rings is 2. The second-order valence-corrected chi connectivity index (χ2v) is 6.35.